The van der Waals surface area contributed by atoms with E-state index in [1.54, 1.807) is 0 Å². The molecule has 4 nitrogen and oxygen atoms in total. The first-order chi connectivity index (χ1) is 8.91. The van der Waals surface area contributed by atoms with Crippen molar-refractivity contribution in [2.75, 3.05) is 33.2 Å². The third-order valence-corrected chi connectivity index (χ3v) is 5.84. The van der Waals surface area contributed by atoms with Crippen molar-refractivity contribution in [2.45, 2.75) is 11.3 Å². The van der Waals surface area contributed by atoms with Gasteiger partial charge in [-0.05, 0) is 38.2 Å². The monoisotopic (exact) mass is 358 g/mol. The number of likely N-dealkylation sites (N-methyl/N-ethyl adjacent to an activating group) is 1. The van der Waals surface area contributed by atoms with Gasteiger partial charge in [0.1, 0.15) is 0 Å². The molecule has 0 unspecified atom stereocenters. The van der Waals surface area contributed by atoms with Crippen LogP contribution in [0.3, 0.4) is 0 Å². The van der Waals surface area contributed by atoms with E-state index in [2.05, 4.69) is 4.90 Å². The van der Waals surface area contributed by atoms with E-state index in [9.17, 15) is 8.42 Å². The summed E-state index contributed by atoms with van der Waals surface area (Å²) >= 11 is 11.7. The van der Waals surface area contributed by atoms with Gasteiger partial charge in [-0.15, -0.1) is 12.4 Å². The molecule has 0 atom stereocenters. The molecule has 0 N–H and O–H groups in total. The number of benzene rings is 1. The van der Waals surface area contributed by atoms with Gasteiger partial charge in [-0.3, -0.25) is 0 Å². The second kappa shape index (κ2) is 7.29. The van der Waals surface area contributed by atoms with Crippen molar-refractivity contribution in [1.82, 2.24) is 9.21 Å². The van der Waals surface area contributed by atoms with E-state index in [0.29, 0.717) is 18.1 Å². The molecule has 114 valence electrons. The smallest absolute Gasteiger partial charge is 0.243 e. The summed E-state index contributed by atoms with van der Waals surface area (Å²) in [6, 6.07) is 4.42. The Labute approximate surface area is 136 Å². The Morgan fingerprint density at radius 2 is 1.75 bits per heavy atom. The molecule has 0 aromatic heterocycles. The van der Waals surface area contributed by atoms with Gasteiger partial charge in [-0.1, -0.05) is 23.2 Å². The van der Waals surface area contributed by atoms with E-state index in [4.69, 9.17) is 23.2 Å². The van der Waals surface area contributed by atoms with Gasteiger partial charge in [-0.25, -0.2) is 8.42 Å². The van der Waals surface area contributed by atoms with Gasteiger partial charge in [0.25, 0.3) is 0 Å². The average Bonchev–Trinajstić information content (AvgIpc) is 2.57. The fourth-order valence-corrected chi connectivity index (χ4v) is 3.91. The van der Waals surface area contributed by atoms with Gasteiger partial charge in [0.05, 0.1) is 14.9 Å². The van der Waals surface area contributed by atoms with E-state index in [1.165, 1.54) is 22.5 Å². The van der Waals surface area contributed by atoms with Gasteiger partial charge >= 0.3 is 0 Å². The average molecular weight is 360 g/mol. The van der Waals surface area contributed by atoms with Gasteiger partial charge in [0.2, 0.25) is 10.0 Å². The maximum absolute atomic E-state index is 12.5. The summed E-state index contributed by atoms with van der Waals surface area (Å²) in [5, 5.41) is 0.617. The van der Waals surface area contributed by atoms with Crippen molar-refractivity contribution in [3.8, 4) is 0 Å². The zero-order valence-electron chi connectivity index (χ0n) is 11.1. The Bertz CT molecular complexity index is 566. The van der Waals surface area contributed by atoms with Crippen LogP contribution < -0.4 is 0 Å². The first-order valence-corrected chi connectivity index (χ1v) is 8.24. The zero-order chi connectivity index (χ0) is 14.0. The summed E-state index contributed by atoms with van der Waals surface area (Å²) in [6.07, 6.45) is 0.830. The van der Waals surface area contributed by atoms with Crippen LogP contribution >= 0.6 is 35.6 Å². The molecule has 1 heterocycles. The van der Waals surface area contributed by atoms with Crippen LogP contribution in [0.5, 0.6) is 0 Å². The van der Waals surface area contributed by atoms with Gasteiger partial charge in [0.15, 0.2) is 0 Å². The Balaban J connectivity index is 0.00000200. The van der Waals surface area contributed by atoms with Crippen LogP contribution in [0.25, 0.3) is 0 Å². The number of halogens is 3. The van der Waals surface area contributed by atoms with E-state index < -0.39 is 10.0 Å². The van der Waals surface area contributed by atoms with Crippen LogP contribution in [0.1, 0.15) is 6.42 Å². The second-order valence-corrected chi connectivity index (χ2v) is 7.39. The Morgan fingerprint density at radius 3 is 2.40 bits per heavy atom. The van der Waals surface area contributed by atoms with E-state index in [0.717, 1.165) is 19.5 Å². The maximum Gasteiger partial charge on any atom is 0.243 e. The fraction of sp³-hybridized carbons (Fsp3) is 0.500. The van der Waals surface area contributed by atoms with Gasteiger partial charge in [-0.2, -0.15) is 4.31 Å². The molecule has 1 aromatic rings. The highest BCUT2D eigenvalue weighted by Crippen LogP contribution is 2.26. The number of hydrogen-bond donors (Lipinski definition) is 0. The topological polar surface area (TPSA) is 40.6 Å². The van der Waals surface area contributed by atoms with Crippen molar-refractivity contribution in [1.29, 1.82) is 0 Å². The van der Waals surface area contributed by atoms with Crippen LogP contribution in [0.4, 0.5) is 0 Å². The molecule has 0 radical (unpaired) electrons. The van der Waals surface area contributed by atoms with Crippen LogP contribution in [0.2, 0.25) is 10.0 Å². The molecule has 1 aliphatic rings. The molecule has 1 fully saturated rings. The van der Waals surface area contributed by atoms with Gasteiger partial charge in [0, 0.05) is 19.6 Å². The summed E-state index contributed by atoms with van der Waals surface area (Å²) < 4.78 is 26.5. The molecule has 1 saturated heterocycles. The minimum absolute atomic E-state index is 0. The summed E-state index contributed by atoms with van der Waals surface area (Å²) in [4.78, 5) is 2.33. The standard InChI is InChI=1S/C12H16Cl2N2O2S.ClH/c1-15-5-2-6-16(8-7-15)19(17,18)10-3-4-11(13)12(14)9-10;/h3-4,9H,2,5-8H2,1H3;1H. The minimum atomic E-state index is -3.48. The van der Waals surface area contributed by atoms with E-state index >= 15 is 0 Å². The number of sulfonamides is 1. The molecule has 0 bridgehead atoms. The SMILES string of the molecule is CN1CCCN(S(=O)(=O)c2ccc(Cl)c(Cl)c2)CC1.Cl. The third kappa shape index (κ3) is 4.00. The quantitative estimate of drug-likeness (QED) is 0.815. The van der Waals surface area contributed by atoms with Crippen molar-refractivity contribution in [3.05, 3.63) is 28.2 Å². The first kappa shape index (κ1) is 18.0. The molecular formula is C12H17Cl3N2O2S. The second-order valence-electron chi connectivity index (χ2n) is 4.64. The van der Waals surface area contributed by atoms with Crippen molar-refractivity contribution < 1.29 is 8.42 Å². The van der Waals surface area contributed by atoms with Crippen LogP contribution in [0, 0.1) is 0 Å². The minimum Gasteiger partial charge on any atom is -0.305 e. The highest BCUT2D eigenvalue weighted by molar-refractivity contribution is 7.89. The highest BCUT2D eigenvalue weighted by Gasteiger charge is 2.26. The zero-order valence-corrected chi connectivity index (χ0v) is 14.2. The van der Waals surface area contributed by atoms with Gasteiger partial charge < -0.3 is 4.90 Å². The molecule has 8 heteroatoms. The molecule has 0 aliphatic carbocycles. The van der Waals surface area contributed by atoms with Crippen LogP contribution in [-0.2, 0) is 10.0 Å². The first-order valence-electron chi connectivity index (χ1n) is 6.05. The van der Waals surface area contributed by atoms with E-state index in [1.807, 2.05) is 7.05 Å². The number of nitrogens with zero attached hydrogens (tertiary/aromatic N) is 2. The largest absolute Gasteiger partial charge is 0.305 e. The van der Waals surface area contributed by atoms with E-state index in [-0.39, 0.29) is 22.3 Å². The lowest BCUT2D eigenvalue weighted by Gasteiger charge is -2.20. The Kier molecular flexibility index (Phi) is 6.57. The highest BCUT2D eigenvalue weighted by atomic mass is 35.5. The molecule has 0 spiro atoms. The van der Waals surface area contributed by atoms with Crippen molar-refractivity contribution in [3.63, 3.8) is 0 Å². The molecule has 20 heavy (non-hydrogen) atoms. The molecular weight excluding hydrogens is 343 g/mol. The lowest BCUT2D eigenvalue weighted by Crippen LogP contribution is -2.34. The number of hydrogen-bond acceptors (Lipinski definition) is 3. The Morgan fingerprint density at radius 1 is 1.05 bits per heavy atom. The van der Waals surface area contributed by atoms with Crippen LogP contribution in [-0.4, -0.2) is 50.8 Å². The summed E-state index contributed by atoms with van der Waals surface area (Å²) in [7, 11) is -1.49. The summed E-state index contributed by atoms with van der Waals surface area (Å²) in [5.41, 5.74) is 0. The fourth-order valence-electron chi connectivity index (χ4n) is 2.05. The lowest BCUT2D eigenvalue weighted by atomic mass is 10.4. The predicted molar refractivity (Wildman–Crippen MR) is 84.6 cm³/mol. The lowest BCUT2D eigenvalue weighted by molar-refractivity contribution is 0.347. The Hall–Kier alpha value is -0.0400. The maximum atomic E-state index is 12.5. The van der Waals surface area contributed by atoms with Crippen molar-refractivity contribution >= 4 is 45.6 Å². The molecule has 2 rings (SSSR count). The molecule has 0 amide bonds. The molecule has 0 saturated carbocycles. The summed E-state index contributed by atoms with van der Waals surface area (Å²) in [5.74, 6) is 0. The number of rotatable bonds is 2. The third-order valence-electron chi connectivity index (χ3n) is 3.21. The van der Waals surface area contributed by atoms with Crippen molar-refractivity contribution in [2.24, 2.45) is 0 Å². The summed E-state index contributed by atoms with van der Waals surface area (Å²) in [6.45, 7) is 2.68. The normalized spacial score (nSPS) is 18.4. The predicted octanol–water partition coefficient (Wildman–Crippen LogP) is 2.74. The van der Waals surface area contributed by atoms with Crippen LogP contribution in [0.15, 0.2) is 23.1 Å². The molecule has 1 aromatic carbocycles. The molecule has 1 aliphatic heterocycles.